The summed E-state index contributed by atoms with van der Waals surface area (Å²) in [5.74, 6) is 1.48. The maximum Gasteiger partial charge on any atom is 0.203 e. The number of aromatic nitrogens is 2. The van der Waals surface area contributed by atoms with E-state index >= 15 is 0 Å². The average molecular weight is 255 g/mol. The van der Waals surface area contributed by atoms with Crippen LogP contribution in [0, 0.1) is 5.92 Å². The van der Waals surface area contributed by atoms with E-state index in [0.29, 0.717) is 5.92 Å². The Morgan fingerprint density at radius 1 is 1.47 bits per heavy atom. The maximum absolute atomic E-state index is 5.75. The van der Waals surface area contributed by atoms with Crippen LogP contribution in [-0.4, -0.2) is 21.5 Å². The van der Waals surface area contributed by atoms with Crippen LogP contribution < -0.4 is 5.32 Å². The molecular formula is C12H21N3OS. The predicted molar refractivity (Wildman–Crippen MR) is 70.4 cm³/mol. The molecule has 1 aliphatic carbocycles. The first kappa shape index (κ1) is 12.8. The molecule has 1 N–H and O–H groups in total. The number of nitrogens with one attached hydrogen (secondary N) is 1. The molecule has 1 saturated carbocycles. The van der Waals surface area contributed by atoms with Crippen molar-refractivity contribution in [3.63, 3.8) is 0 Å². The second kappa shape index (κ2) is 4.90. The lowest BCUT2D eigenvalue weighted by atomic mass is 10.1. The number of nitrogens with zero attached hydrogens (tertiary/aromatic N) is 2. The van der Waals surface area contributed by atoms with Crippen LogP contribution in [0.1, 0.15) is 52.5 Å². The lowest BCUT2D eigenvalue weighted by molar-refractivity contribution is 0.0409. The van der Waals surface area contributed by atoms with Gasteiger partial charge in [0.05, 0.1) is 0 Å². The molecule has 1 heterocycles. The van der Waals surface area contributed by atoms with Gasteiger partial charge in [-0.25, -0.2) is 4.98 Å². The standard InChI is InChI=1S/C12H21N3OS/c1-5-16-9(8-6-7-8)10-13-11(17-15-10)14-12(2,3)4/h8-9H,5-7H2,1-4H3,(H,13,14,15). The first-order valence-electron chi connectivity index (χ1n) is 6.23. The van der Waals surface area contributed by atoms with Crippen molar-refractivity contribution < 1.29 is 4.74 Å². The van der Waals surface area contributed by atoms with Gasteiger partial charge in [0.2, 0.25) is 5.13 Å². The van der Waals surface area contributed by atoms with Gasteiger partial charge in [0.1, 0.15) is 6.10 Å². The van der Waals surface area contributed by atoms with Gasteiger partial charge in [0.15, 0.2) is 5.82 Å². The first-order chi connectivity index (χ1) is 7.99. The summed E-state index contributed by atoms with van der Waals surface area (Å²) in [7, 11) is 0. The zero-order valence-corrected chi connectivity index (χ0v) is 11.8. The lowest BCUT2D eigenvalue weighted by Crippen LogP contribution is -2.25. The van der Waals surface area contributed by atoms with Crippen LogP contribution in [0.25, 0.3) is 0 Å². The topological polar surface area (TPSA) is 47.0 Å². The fourth-order valence-electron chi connectivity index (χ4n) is 1.72. The van der Waals surface area contributed by atoms with Crippen molar-refractivity contribution in [1.29, 1.82) is 0 Å². The predicted octanol–water partition coefficient (Wildman–Crippen LogP) is 3.24. The van der Waals surface area contributed by atoms with Gasteiger partial charge < -0.3 is 10.1 Å². The quantitative estimate of drug-likeness (QED) is 0.877. The summed E-state index contributed by atoms with van der Waals surface area (Å²) < 4.78 is 10.2. The Morgan fingerprint density at radius 2 is 2.18 bits per heavy atom. The molecule has 5 heteroatoms. The molecule has 4 nitrogen and oxygen atoms in total. The Labute approximate surface area is 107 Å². The highest BCUT2D eigenvalue weighted by Crippen LogP contribution is 2.42. The summed E-state index contributed by atoms with van der Waals surface area (Å²) in [6.45, 7) is 9.11. The maximum atomic E-state index is 5.75. The highest BCUT2D eigenvalue weighted by Gasteiger charge is 2.35. The van der Waals surface area contributed by atoms with E-state index in [4.69, 9.17) is 4.74 Å². The smallest absolute Gasteiger partial charge is 0.203 e. The minimum Gasteiger partial charge on any atom is -0.370 e. The van der Waals surface area contributed by atoms with Gasteiger partial charge in [-0.1, -0.05) is 0 Å². The second-order valence-electron chi connectivity index (χ2n) is 5.55. The lowest BCUT2D eigenvalue weighted by Gasteiger charge is -2.19. The normalized spacial score (nSPS) is 18.1. The minimum atomic E-state index is 0.0253. The van der Waals surface area contributed by atoms with E-state index in [9.17, 15) is 0 Å². The van der Waals surface area contributed by atoms with Crippen LogP contribution in [0.3, 0.4) is 0 Å². The van der Waals surface area contributed by atoms with Gasteiger partial charge in [-0.2, -0.15) is 4.37 Å². The molecule has 0 amide bonds. The number of hydrogen-bond donors (Lipinski definition) is 1. The Morgan fingerprint density at radius 3 is 2.71 bits per heavy atom. The van der Waals surface area contributed by atoms with E-state index in [1.165, 1.54) is 24.4 Å². The summed E-state index contributed by atoms with van der Waals surface area (Å²) in [4.78, 5) is 4.55. The van der Waals surface area contributed by atoms with E-state index in [-0.39, 0.29) is 11.6 Å². The Bertz CT molecular complexity index is 368. The molecule has 1 aromatic heterocycles. The van der Waals surface area contributed by atoms with Crippen molar-refractivity contribution in [2.75, 3.05) is 11.9 Å². The van der Waals surface area contributed by atoms with E-state index in [1.807, 2.05) is 6.92 Å². The second-order valence-corrected chi connectivity index (χ2v) is 6.30. The summed E-state index contributed by atoms with van der Waals surface area (Å²) in [5, 5.41) is 4.23. The third kappa shape index (κ3) is 3.64. The number of anilines is 1. The highest BCUT2D eigenvalue weighted by molar-refractivity contribution is 7.09. The van der Waals surface area contributed by atoms with Crippen LogP contribution in [-0.2, 0) is 4.74 Å². The van der Waals surface area contributed by atoms with Gasteiger partial charge in [-0.3, -0.25) is 0 Å². The number of ether oxygens (including phenoxy) is 1. The highest BCUT2D eigenvalue weighted by atomic mass is 32.1. The SMILES string of the molecule is CCOC(c1nsc(NC(C)(C)C)n1)C1CC1. The molecule has 1 aromatic rings. The molecule has 2 rings (SSSR count). The molecule has 1 fully saturated rings. The molecule has 1 aliphatic rings. The van der Waals surface area contributed by atoms with Crippen molar-refractivity contribution in [1.82, 2.24) is 9.36 Å². The molecule has 0 bridgehead atoms. The molecule has 0 radical (unpaired) electrons. The fraction of sp³-hybridized carbons (Fsp3) is 0.833. The van der Waals surface area contributed by atoms with Gasteiger partial charge in [-0.05, 0) is 46.5 Å². The van der Waals surface area contributed by atoms with Crippen molar-refractivity contribution in [3.05, 3.63) is 5.82 Å². The zero-order valence-electron chi connectivity index (χ0n) is 11.0. The molecule has 96 valence electrons. The Balaban J connectivity index is 2.05. The number of rotatable bonds is 5. The van der Waals surface area contributed by atoms with E-state index in [2.05, 4.69) is 35.4 Å². The minimum absolute atomic E-state index is 0.0253. The van der Waals surface area contributed by atoms with E-state index in [1.54, 1.807) is 0 Å². The largest absolute Gasteiger partial charge is 0.370 e. The van der Waals surface area contributed by atoms with Crippen molar-refractivity contribution in [2.24, 2.45) is 5.92 Å². The van der Waals surface area contributed by atoms with Crippen molar-refractivity contribution in [3.8, 4) is 0 Å². The number of hydrogen-bond acceptors (Lipinski definition) is 5. The summed E-state index contributed by atoms with van der Waals surface area (Å²) in [6.07, 6.45) is 2.59. The van der Waals surface area contributed by atoms with Crippen LogP contribution in [0.4, 0.5) is 5.13 Å². The van der Waals surface area contributed by atoms with Crippen molar-refractivity contribution in [2.45, 2.75) is 52.2 Å². The van der Waals surface area contributed by atoms with Crippen LogP contribution in [0.5, 0.6) is 0 Å². The van der Waals surface area contributed by atoms with Crippen LogP contribution in [0.15, 0.2) is 0 Å². The summed E-state index contributed by atoms with van der Waals surface area (Å²) >= 11 is 1.42. The Hall–Kier alpha value is -0.680. The van der Waals surface area contributed by atoms with Gasteiger partial charge in [-0.15, -0.1) is 0 Å². The summed E-state index contributed by atoms with van der Waals surface area (Å²) in [6, 6.07) is 0. The monoisotopic (exact) mass is 255 g/mol. The summed E-state index contributed by atoms with van der Waals surface area (Å²) in [5.41, 5.74) is 0.0253. The van der Waals surface area contributed by atoms with Gasteiger partial charge >= 0.3 is 0 Å². The third-order valence-electron chi connectivity index (χ3n) is 2.57. The molecule has 0 aromatic carbocycles. The fourth-order valence-corrected chi connectivity index (χ4v) is 2.53. The zero-order chi connectivity index (χ0) is 12.5. The average Bonchev–Trinajstić information content (AvgIpc) is 2.95. The third-order valence-corrected chi connectivity index (χ3v) is 3.22. The van der Waals surface area contributed by atoms with E-state index < -0.39 is 0 Å². The molecule has 0 saturated heterocycles. The Kier molecular flexibility index (Phi) is 3.68. The molecule has 1 atom stereocenters. The van der Waals surface area contributed by atoms with Crippen molar-refractivity contribution >= 4 is 16.7 Å². The van der Waals surface area contributed by atoms with Gasteiger partial charge in [0, 0.05) is 23.7 Å². The molecule has 0 aliphatic heterocycles. The molecule has 0 spiro atoms. The van der Waals surface area contributed by atoms with E-state index in [0.717, 1.165) is 17.6 Å². The molecular weight excluding hydrogens is 234 g/mol. The van der Waals surface area contributed by atoms with Gasteiger partial charge in [0.25, 0.3) is 0 Å². The van der Waals surface area contributed by atoms with Crippen LogP contribution >= 0.6 is 11.5 Å². The first-order valence-corrected chi connectivity index (χ1v) is 7.00. The van der Waals surface area contributed by atoms with Crippen LogP contribution in [0.2, 0.25) is 0 Å². The molecule has 17 heavy (non-hydrogen) atoms. The molecule has 1 unspecified atom stereocenters.